The van der Waals surface area contributed by atoms with Gasteiger partial charge in [-0.2, -0.15) is 0 Å². The van der Waals surface area contributed by atoms with Gasteiger partial charge in [0.15, 0.2) is 0 Å². The monoisotopic (exact) mass is 375 g/mol. The van der Waals surface area contributed by atoms with Crippen LogP contribution in [0.25, 0.3) is 0 Å². The Bertz CT molecular complexity index is 710. The summed E-state index contributed by atoms with van der Waals surface area (Å²) in [5.74, 6) is 0. The second-order valence-corrected chi connectivity index (χ2v) is 7.03. The minimum absolute atomic E-state index is 0.0655. The molecule has 0 aliphatic heterocycles. The lowest BCUT2D eigenvalue weighted by Gasteiger charge is -2.14. The van der Waals surface area contributed by atoms with E-state index < -0.39 is 16.1 Å². The molecule has 106 valence electrons. The Morgan fingerprint density at radius 3 is 2.80 bits per heavy atom. The first kappa shape index (κ1) is 15.4. The lowest BCUT2D eigenvalue weighted by Crippen LogP contribution is -2.27. The van der Waals surface area contributed by atoms with Crippen molar-refractivity contribution >= 4 is 37.6 Å². The van der Waals surface area contributed by atoms with Crippen LogP contribution in [-0.4, -0.2) is 18.4 Å². The maximum absolute atomic E-state index is 12.3. The van der Waals surface area contributed by atoms with Gasteiger partial charge in [0.2, 0.25) is 10.0 Å². The lowest BCUT2D eigenvalue weighted by molar-refractivity contribution is 0.566. The Hall–Kier alpha value is -1.02. The van der Waals surface area contributed by atoms with E-state index in [9.17, 15) is 8.42 Å². The molecule has 2 aromatic rings. The van der Waals surface area contributed by atoms with Gasteiger partial charge in [-0.3, -0.25) is 4.98 Å². The van der Waals surface area contributed by atoms with Gasteiger partial charge in [-0.25, -0.2) is 18.1 Å². The summed E-state index contributed by atoms with van der Waals surface area (Å²) in [5, 5.41) is -0.0703. The number of halogens is 2. The lowest BCUT2D eigenvalue weighted by atomic mass is 10.2. The van der Waals surface area contributed by atoms with Crippen molar-refractivity contribution < 1.29 is 8.42 Å². The Balaban J connectivity index is 2.30. The Morgan fingerprint density at radius 2 is 2.15 bits per heavy atom. The highest BCUT2D eigenvalue weighted by atomic mass is 79.9. The predicted molar refractivity (Wildman–Crippen MR) is 79.9 cm³/mol. The van der Waals surface area contributed by atoms with Crippen LogP contribution >= 0.6 is 27.5 Å². The highest BCUT2D eigenvalue weighted by Gasteiger charge is 2.22. The van der Waals surface area contributed by atoms with Gasteiger partial charge in [0, 0.05) is 29.1 Å². The first-order valence-electron chi connectivity index (χ1n) is 5.63. The fourth-order valence-electron chi connectivity index (χ4n) is 1.59. The van der Waals surface area contributed by atoms with Gasteiger partial charge in [0.05, 0.1) is 0 Å². The van der Waals surface area contributed by atoms with Gasteiger partial charge >= 0.3 is 0 Å². The molecule has 0 aromatic carbocycles. The molecule has 0 spiro atoms. The van der Waals surface area contributed by atoms with E-state index in [-0.39, 0.29) is 10.0 Å². The molecule has 0 saturated heterocycles. The third kappa shape index (κ3) is 3.54. The minimum atomic E-state index is -3.76. The van der Waals surface area contributed by atoms with Crippen molar-refractivity contribution in [2.45, 2.75) is 17.9 Å². The number of rotatable bonds is 4. The fourth-order valence-corrected chi connectivity index (χ4v) is 3.76. The smallest absolute Gasteiger partial charge is 0.244 e. The standard InChI is InChI=1S/C12H11BrClN3O2S/c1-8(9-3-2-4-15-6-9)17-20(18,19)11-5-10(13)7-16-12(11)14/h2-8,17H,1H3. The van der Waals surface area contributed by atoms with Crippen LogP contribution < -0.4 is 4.72 Å². The summed E-state index contributed by atoms with van der Waals surface area (Å²) in [7, 11) is -3.76. The molecule has 0 aliphatic carbocycles. The summed E-state index contributed by atoms with van der Waals surface area (Å²) in [6.45, 7) is 1.73. The molecule has 8 heteroatoms. The maximum atomic E-state index is 12.3. The van der Waals surface area contributed by atoms with Crippen molar-refractivity contribution in [3.63, 3.8) is 0 Å². The number of nitrogens with one attached hydrogen (secondary N) is 1. The van der Waals surface area contributed by atoms with E-state index in [1.165, 1.54) is 12.3 Å². The van der Waals surface area contributed by atoms with Crippen LogP contribution in [0, 0.1) is 0 Å². The summed E-state index contributed by atoms with van der Waals surface area (Å²) >= 11 is 9.02. The van der Waals surface area contributed by atoms with Crippen molar-refractivity contribution in [1.82, 2.24) is 14.7 Å². The number of nitrogens with zero attached hydrogens (tertiary/aromatic N) is 2. The first-order valence-corrected chi connectivity index (χ1v) is 8.29. The molecule has 1 unspecified atom stereocenters. The van der Waals surface area contributed by atoms with Crippen molar-refractivity contribution in [2.24, 2.45) is 0 Å². The Morgan fingerprint density at radius 1 is 1.40 bits per heavy atom. The molecular formula is C12H11BrClN3O2S. The molecular weight excluding hydrogens is 366 g/mol. The van der Waals surface area contributed by atoms with Crippen LogP contribution in [0.4, 0.5) is 0 Å². The number of pyridine rings is 2. The second kappa shape index (κ2) is 6.17. The van der Waals surface area contributed by atoms with E-state index in [4.69, 9.17) is 11.6 Å². The molecule has 2 heterocycles. The molecule has 20 heavy (non-hydrogen) atoms. The van der Waals surface area contributed by atoms with Crippen molar-refractivity contribution in [1.29, 1.82) is 0 Å². The fraction of sp³-hybridized carbons (Fsp3) is 0.167. The summed E-state index contributed by atoms with van der Waals surface area (Å²) in [4.78, 5) is 7.71. The number of sulfonamides is 1. The molecule has 0 radical (unpaired) electrons. The first-order chi connectivity index (χ1) is 9.40. The van der Waals surface area contributed by atoms with Crippen LogP contribution in [0.15, 0.2) is 46.2 Å². The van der Waals surface area contributed by atoms with Gasteiger partial charge in [0.25, 0.3) is 0 Å². The highest BCUT2D eigenvalue weighted by molar-refractivity contribution is 9.10. The average Bonchev–Trinajstić information content (AvgIpc) is 2.42. The molecule has 2 aromatic heterocycles. The van der Waals surface area contributed by atoms with Crippen LogP contribution in [0.2, 0.25) is 5.15 Å². The summed E-state index contributed by atoms with van der Waals surface area (Å²) in [5.41, 5.74) is 0.759. The second-order valence-electron chi connectivity index (χ2n) is 4.07. The molecule has 1 atom stereocenters. The summed E-state index contributed by atoms with van der Waals surface area (Å²) in [6, 6.07) is 4.52. The van der Waals surface area contributed by atoms with Gasteiger partial charge in [-0.1, -0.05) is 17.7 Å². The molecule has 2 rings (SSSR count). The molecule has 0 bridgehead atoms. The van der Waals surface area contributed by atoms with Crippen LogP contribution in [0.3, 0.4) is 0 Å². The molecule has 0 saturated carbocycles. The zero-order valence-electron chi connectivity index (χ0n) is 10.4. The van der Waals surface area contributed by atoms with Crippen LogP contribution in [0.5, 0.6) is 0 Å². The highest BCUT2D eigenvalue weighted by Crippen LogP contribution is 2.24. The zero-order valence-corrected chi connectivity index (χ0v) is 13.6. The minimum Gasteiger partial charge on any atom is -0.264 e. The predicted octanol–water partition coefficient (Wildman–Crippen LogP) is 2.93. The number of aromatic nitrogens is 2. The van der Waals surface area contributed by atoms with E-state index in [0.29, 0.717) is 4.47 Å². The third-order valence-corrected chi connectivity index (χ3v) is 4.98. The van der Waals surface area contributed by atoms with Crippen LogP contribution in [0.1, 0.15) is 18.5 Å². The number of hydrogen-bond donors (Lipinski definition) is 1. The largest absolute Gasteiger partial charge is 0.264 e. The molecule has 5 nitrogen and oxygen atoms in total. The molecule has 0 aliphatic rings. The van der Waals surface area contributed by atoms with E-state index >= 15 is 0 Å². The van der Waals surface area contributed by atoms with E-state index in [0.717, 1.165) is 5.56 Å². The molecule has 1 N–H and O–H groups in total. The zero-order chi connectivity index (χ0) is 14.8. The average molecular weight is 377 g/mol. The summed E-state index contributed by atoms with van der Waals surface area (Å²) in [6.07, 6.45) is 4.67. The van der Waals surface area contributed by atoms with E-state index in [1.54, 1.807) is 31.5 Å². The Labute approximate surface area is 130 Å². The van der Waals surface area contributed by atoms with Crippen molar-refractivity contribution in [2.75, 3.05) is 0 Å². The maximum Gasteiger partial charge on any atom is 0.244 e. The van der Waals surface area contributed by atoms with Crippen molar-refractivity contribution in [3.8, 4) is 0 Å². The van der Waals surface area contributed by atoms with Gasteiger partial charge in [0.1, 0.15) is 10.0 Å². The molecule has 0 fully saturated rings. The molecule has 0 amide bonds. The van der Waals surface area contributed by atoms with Gasteiger partial charge < -0.3 is 0 Å². The normalized spacial score (nSPS) is 13.2. The van der Waals surface area contributed by atoms with Gasteiger partial charge in [-0.05, 0) is 40.5 Å². The van der Waals surface area contributed by atoms with Gasteiger partial charge in [-0.15, -0.1) is 0 Å². The topological polar surface area (TPSA) is 72.0 Å². The third-order valence-electron chi connectivity index (χ3n) is 2.58. The SMILES string of the molecule is CC(NS(=O)(=O)c1cc(Br)cnc1Cl)c1cccnc1. The quantitative estimate of drug-likeness (QED) is 0.833. The Kier molecular flexibility index (Phi) is 4.74. The van der Waals surface area contributed by atoms with E-state index in [1.807, 2.05) is 0 Å². The van der Waals surface area contributed by atoms with E-state index in [2.05, 4.69) is 30.6 Å². The van der Waals surface area contributed by atoms with Crippen LogP contribution in [-0.2, 0) is 10.0 Å². The summed E-state index contributed by atoms with van der Waals surface area (Å²) < 4.78 is 27.7. The van der Waals surface area contributed by atoms with Crippen molar-refractivity contribution in [3.05, 3.63) is 52.0 Å². The number of hydrogen-bond acceptors (Lipinski definition) is 4.